The van der Waals surface area contributed by atoms with Gasteiger partial charge in [0, 0.05) is 24.7 Å². The standard InChI is InChI=1S/C17H17N3O5/c1-10(25-2)15(21)19-12-4-3-5-13(8-12)20-16(22)14-7-6-11(9-18-14)17(23)24/h3-10H,1-2H3,(H,19,21)(H,20,22)(H,23,24). The highest BCUT2D eigenvalue weighted by molar-refractivity contribution is 6.03. The molecule has 0 fully saturated rings. The number of carbonyl (C=O) groups excluding carboxylic acids is 2. The Bertz CT molecular complexity index is 789. The Morgan fingerprint density at radius 1 is 1.12 bits per heavy atom. The van der Waals surface area contributed by atoms with Gasteiger partial charge in [-0.05, 0) is 37.3 Å². The number of hydrogen-bond donors (Lipinski definition) is 3. The van der Waals surface area contributed by atoms with Gasteiger partial charge in [0.1, 0.15) is 11.8 Å². The van der Waals surface area contributed by atoms with Crippen LogP contribution in [0, 0.1) is 0 Å². The molecule has 2 amide bonds. The minimum atomic E-state index is -1.12. The summed E-state index contributed by atoms with van der Waals surface area (Å²) in [5.74, 6) is -1.92. The lowest BCUT2D eigenvalue weighted by Crippen LogP contribution is -2.26. The molecule has 0 aliphatic carbocycles. The molecular formula is C17H17N3O5. The second-order valence-corrected chi connectivity index (χ2v) is 5.14. The fraction of sp³-hybridized carbons (Fsp3) is 0.176. The summed E-state index contributed by atoms with van der Waals surface area (Å²) in [6.07, 6.45) is 0.509. The summed E-state index contributed by atoms with van der Waals surface area (Å²) in [5.41, 5.74) is 1.03. The van der Waals surface area contributed by atoms with Crippen molar-refractivity contribution in [2.75, 3.05) is 17.7 Å². The number of methoxy groups -OCH3 is 1. The molecule has 8 heteroatoms. The zero-order valence-corrected chi connectivity index (χ0v) is 13.6. The van der Waals surface area contributed by atoms with Gasteiger partial charge in [-0.25, -0.2) is 4.79 Å². The molecule has 0 saturated carbocycles. The molecule has 0 spiro atoms. The molecule has 2 aromatic rings. The van der Waals surface area contributed by atoms with Crippen LogP contribution >= 0.6 is 0 Å². The predicted octanol–water partition coefficient (Wildman–Crippen LogP) is 2.01. The molecule has 25 heavy (non-hydrogen) atoms. The molecule has 0 aliphatic heterocycles. The highest BCUT2D eigenvalue weighted by Crippen LogP contribution is 2.16. The number of hydrogen-bond acceptors (Lipinski definition) is 5. The molecule has 1 atom stereocenters. The lowest BCUT2D eigenvalue weighted by molar-refractivity contribution is -0.124. The van der Waals surface area contributed by atoms with Crippen molar-refractivity contribution in [2.45, 2.75) is 13.0 Å². The van der Waals surface area contributed by atoms with Crippen LogP contribution in [-0.4, -0.2) is 41.1 Å². The third-order valence-electron chi connectivity index (χ3n) is 3.35. The number of amides is 2. The number of aromatic carboxylic acids is 1. The molecule has 0 radical (unpaired) electrons. The van der Waals surface area contributed by atoms with Crippen LogP contribution in [0.1, 0.15) is 27.8 Å². The summed E-state index contributed by atoms with van der Waals surface area (Å²) in [4.78, 5) is 38.6. The average molecular weight is 343 g/mol. The van der Waals surface area contributed by atoms with E-state index in [0.717, 1.165) is 6.20 Å². The van der Waals surface area contributed by atoms with Crippen molar-refractivity contribution < 1.29 is 24.2 Å². The molecule has 0 aliphatic rings. The highest BCUT2D eigenvalue weighted by Gasteiger charge is 2.13. The van der Waals surface area contributed by atoms with E-state index in [9.17, 15) is 14.4 Å². The van der Waals surface area contributed by atoms with Crippen molar-refractivity contribution in [3.05, 3.63) is 53.9 Å². The molecule has 2 rings (SSSR count). The van der Waals surface area contributed by atoms with Crippen molar-refractivity contribution in [3.63, 3.8) is 0 Å². The maximum Gasteiger partial charge on any atom is 0.337 e. The normalized spacial score (nSPS) is 11.4. The van der Waals surface area contributed by atoms with E-state index < -0.39 is 18.0 Å². The van der Waals surface area contributed by atoms with E-state index in [0.29, 0.717) is 11.4 Å². The maximum atomic E-state index is 12.2. The SMILES string of the molecule is COC(C)C(=O)Nc1cccc(NC(=O)c2ccc(C(=O)O)cn2)c1. The number of benzene rings is 1. The van der Waals surface area contributed by atoms with Crippen LogP contribution in [0.5, 0.6) is 0 Å². The zero-order chi connectivity index (χ0) is 18.4. The topological polar surface area (TPSA) is 118 Å². The number of rotatable bonds is 6. The van der Waals surface area contributed by atoms with Gasteiger partial charge in [-0.3, -0.25) is 14.6 Å². The Labute approximate surface area is 143 Å². The Morgan fingerprint density at radius 3 is 2.36 bits per heavy atom. The lowest BCUT2D eigenvalue weighted by atomic mass is 10.2. The minimum Gasteiger partial charge on any atom is -0.478 e. The smallest absolute Gasteiger partial charge is 0.337 e. The first kappa shape index (κ1) is 18.1. The van der Waals surface area contributed by atoms with E-state index in [4.69, 9.17) is 9.84 Å². The molecule has 1 heterocycles. The lowest BCUT2D eigenvalue weighted by Gasteiger charge is -2.11. The van der Waals surface area contributed by atoms with Gasteiger partial charge < -0.3 is 20.5 Å². The van der Waals surface area contributed by atoms with Crippen molar-refractivity contribution in [3.8, 4) is 0 Å². The molecule has 3 N–H and O–H groups in total. The molecular weight excluding hydrogens is 326 g/mol. The summed E-state index contributed by atoms with van der Waals surface area (Å²) in [6, 6.07) is 9.21. The van der Waals surface area contributed by atoms with Crippen molar-refractivity contribution >= 4 is 29.2 Å². The first-order chi connectivity index (χ1) is 11.9. The van der Waals surface area contributed by atoms with E-state index in [1.54, 1.807) is 31.2 Å². The minimum absolute atomic E-state index is 0.00600. The number of carbonyl (C=O) groups is 3. The Balaban J connectivity index is 2.07. The second kappa shape index (κ2) is 8.02. The van der Waals surface area contributed by atoms with Gasteiger partial charge in [-0.15, -0.1) is 0 Å². The van der Waals surface area contributed by atoms with Crippen molar-refractivity contribution in [2.24, 2.45) is 0 Å². The van der Waals surface area contributed by atoms with Gasteiger partial charge in [0.15, 0.2) is 0 Å². The largest absolute Gasteiger partial charge is 0.478 e. The predicted molar refractivity (Wildman–Crippen MR) is 90.7 cm³/mol. The average Bonchev–Trinajstić information content (AvgIpc) is 2.61. The molecule has 0 bridgehead atoms. The summed E-state index contributed by atoms with van der Waals surface area (Å²) in [5, 5.41) is 14.1. The third-order valence-corrected chi connectivity index (χ3v) is 3.35. The van der Waals surface area contributed by atoms with Crippen molar-refractivity contribution in [1.82, 2.24) is 4.98 Å². The number of ether oxygens (including phenoxy) is 1. The van der Waals surface area contributed by atoms with E-state index in [1.807, 2.05) is 0 Å². The fourth-order valence-electron chi connectivity index (χ4n) is 1.88. The Kier molecular flexibility index (Phi) is 5.80. The first-order valence-electron chi connectivity index (χ1n) is 7.35. The highest BCUT2D eigenvalue weighted by atomic mass is 16.5. The van der Waals surface area contributed by atoms with Gasteiger partial charge in [0.2, 0.25) is 0 Å². The fourth-order valence-corrected chi connectivity index (χ4v) is 1.88. The molecule has 0 saturated heterocycles. The molecule has 1 unspecified atom stereocenters. The van der Waals surface area contributed by atoms with Gasteiger partial charge in [-0.2, -0.15) is 0 Å². The number of pyridine rings is 1. The monoisotopic (exact) mass is 343 g/mol. The van der Waals surface area contributed by atoms with Gasteiger partial charge in [0.05, 0.1) is 5.56 Å². The maximum absolute atomic E-state index is 12.2. The van der Waals surface area contributed by atoms with Crippen LogP contribution in [0.25, 0.3) is 0 Å². The van der Waals surface area contributed by atoms with E-state index in [2.05, 4.69) is 15.6 Å². The summed E-state index contributed by atoms with van der Waals surface area (Å²) in [7, 11) is 1.43. The molecule has 8 nitrogen and oxygen atoms in total. The quantitative estimate of drug-likeness (QED) is 0.738. The van der Waals surface area contributed by atoms with Gasteiger partial charge >= 0.3 is 5.97 Å². The van der Waals surface area contributed by atoms with Gasteiger partial charge in [0.25, 0.3) is 11.8 Å². The molecule has 1 aromatic carbocycles. The second-order valence-electron chi connectivity index (χ2n) is 5.14. The summed E-state index contributed by atoms with van der Waals surface area (Å²) < 4.78 is 4.93. The van der Waals surface area contributed by atoms with Crippen LogP contribution < -0.4 is 10.6 Å². The first-order valence-corrected chi connectivity index (χ1v) is 7.35. The van der Waals surface area contributed by atoms with E-state index >= 15 is 0 Å². The van der Waals surface area contributed by atoms with Crippen LogP contribution in [0.4, 0.5) is 11.4 Å². The number of anilines is 2. The van der Waals surface area contributed by atoms with Crippen molar-refractivity contribution in [1.29, 1.82) is 0 Å². The van der Waals surface area contributed by atoms with E-state index in [1.165, 1.54) is 19.2 Å². The van der Waals surface area contributed by atoms with Crippen LogP contribution in [0.15, 0.2) is 42.6 Å². The Morgan fingerprint density at radius 2 is 1.80 bits per heavy atom. The number of aromatic nitrogens is 1. The summed E-state index contributed by atoms with van der Waals surface area (Å²) >= 11 is 0. The Hall–Kier alpha value is -3.26. The molecule has 1 aromatic heterocycles. The number of carboxylic acids is 1. The number of nitrogens with zero attached hydrogens (tertiary/aromatic N) is 1. The number of nitrogens with one attached hydrogen (secondary N) is 2. The van der Waals surface area contributed by atoms with Crippen LogP contribution in [-0.2, 0) is 9.53 Å². The third kappa shape index (κ3) is 4.85. The molecule has 130 valence electrons. The van der Waals surface area contributed by atoms with Crippen LogP contribution in [0.3, 0.4) is 0 Å². The zero-order valence-electron chi connectivity index (χ0n) is 13.6. The number of carboxylic acid groups (broad SMARTS) is 1. The van der Waals surface area contributed by atoms with Gasteiger partial charge in [-0.1, -0.05) is 6.07 Å². The summed E-state index contributed by atoms with van der Waals surface area (Å²) in [6.45, 7) is 1.62. The van der Waals surface area contributed by atoms with Crippen LogP contribution in [0.2, 0.25) is 0 Å². The van der Waals surface area contributed by atoms with E-state index in [-0.39, 0.29) is 17.2 Å².